The fourth-order valence-corrected chi connectivity index (χ4v) is 2.05. The van der Waals surface area contributed by atoms with E-state index in [9.17, 15) is 9.90 Å². The molecule has 0 aliphatic rings. The zero-order valence-corrected chi connectivity index (χ0v) is 10.9. The number of benzene rings is 1. The normalized spacial score (nSPS) is 10.7. The highest BCUT2D eigenvalue weighted by atomic mass is 16.3. The summed E-state index contributed by atoms with van der Waals surface area (Å²) in [7, 11) is 0. The van der Waals surface area contributed by atoms with E-state index in [1.807, 2.05) is 23.6 Å². The van der Waals surface area contributed by atoms with Crippen LogP contribution in [0.5, 0.6) is 0 Å². The standard InChI is InChI=1S/C15H17NO2/c1-10-5-4-6-14(12(10)3)16-8-13(9-17)15(18)7-11(16)2/h4-8,17H,9H2,1-3H3. The molecule has 0 bridgehead atoms. The van der Waals surface area contributed by atoms with Crippen molar-refractivity contribution in [1.29, 1.82) is 0 Å². The van der Waals surface area contributed by atoms with Gasteiger partial charge in [-0.2, -0.15) is 0 Å². The van der Waals surface area contributed by atoms with Gasteiger partial charge in [0.05, 0.1) is 6.61 Å². The van der Waals surface area contributed by atoms with E-state index in [1.165, 1.54) is 11.1 Å². The third-order valence-corrected chi connectivity index (χ3v) is 3.33. The van der Waals surface area contributed by atoms with Gasteiger partial charge >= 0.3 is 0 Å². The largest absolute Gasteiger partial charge is 0.391 e. The van der Waals surface area contributed by atoms with Gasteiger partial charge in [0, 0.05) is 29.2 Å². The molecule has 1 heterocycles. The van der Waals surface area contributed by atoms with Crippen LogP contribution in [0.4, 0.5) is 0 Å². The molecule has 94 valence electrons. The highest BCUT2D eigenvalue weighted by Gasteiger charge is 2.07. The zero-order valence-electron chi connectivity index (χ0n) is 10.9. The van der Waals surface area contributed by atoms with Crippen molar-refractivity contribution >= 4 is 0 Å². The van der Waals surface area contributed by atoms with Crippen molar-refractivity contribution in [3.8, 4) is 5.69 Å². The van der Waals surface area contributed by atoms with Gasteiger partial charge < -0.3 is 9.67 Å². The number of nitrogens with zero attached hydrogens (tertiary/aromatic N) is 1. The van der Waals surface area contributed by atoms with Crippen LogP contribution in [-0.4, -0.2) is 9.67 Å². The van der Waals surface area contributed by atoms with Crippen molar-refractivity contribution in [1.82, 2.24) is 4.57 Å². The topological polar surface area (TPSA) is 42.2 Å². The average Bonchev–Trinajstić information content (AvgIpc) is 2.34. The van der Waals surface area contributed by atoms with Crippen LogP contribution in [0.15, 0.2) is 35.3 Å². The second-order valence-electron chi connectivity index (χ2n) is 4.55. The summed E-state index contributed by atoms with van der Waals surface area (Å²) >= 11 is 0. The highest BCUT2D eigenvalue weighted by molar-refractivity contribution is 5.46. The number of hydrogen-bond acceptors (Lipinski definition) is 2. The van der Waals surface area contributed by atoms with Crippen LogP contribution in [0, 0.1) is 20.8 Å². The van der Waals surface area contributed by atoms with Gasteiger partial charge in [-0.15, -0.1) is 0 Å². The van der Waals surface area contributed by atoms with Gasteiger partial charge in [0.1, 0.15) is 0 Å². The third kappa shape index (κ3) is 2.09. The van der Waals surface area contributed by atoms with E-state index in [4.69, 9.17) is 0 Å². The number of rotatable bonds is 2. The van der Waals surface area contributed by atoms with E-state index in [0.29, 0.717) is 5.56 Å². The quantitative estimate of drug-likeness (QED) is 0.879. The molecule has 0 spiro atoms. The smallest absolute Gasteiger partial charge is 0.187 e. The Morgan fingerprint density at radius 3 is 2.61 bits per heavy atom. The van der Waals surface area contributed by atoms with Crippen LogP contribution in [-0.2, 0) is 6.61 Å². The van der Waals surface area contributed by atoms with E-state index in [2.05, 4.69) is 19.9 Å². The lowest BCUT2D eigenvalue weighted by Gasteiger charge is -2.15. The van der Waals surface area contributed by atoms with Crippen LogP contribution >= 0.6 is 0 Å². The third-order valence-electron chi connectivity index (χ3n) is 3.33. The summed E-state index contributed by atoms with van der Waals surface area (Å²) in [5.41, 5.74) is 4.59. The van der Waals surface area contributed by atoms with Crippen molar-refractivity contribution in [2.24, 2.45) is 0 Å². The van der Waals surface area contributed by atoms with Crippen LogP contribution < -0.4 is 5.43 Å². The van der Waals surface area contributed by atoms with Gasteiger partial charge in [0.25, 0.3) is 0 Å². The number of aliphatic hydroxyl groups is 1. The van der Waals surface area contributed by atoms with Crippen molar-refractivity contribution in [2.45, 2.75) is 27.4 Å². The second-order valence-corrected chi connectivity index (χ2v) is 4.55. The number of aromatic nitrogens is 1. The molecule has 1 N–H and O–H groups in total. The molecule has 0 saturated heterocycles. The summed E-state index contributed by atoms with van der Waals surface area (Å²) in [6, 6.07) is 7.63. The highest BCUT2D eigenvalue weighted by Crippen LogP contribution is 2.18. The summed E-state index contributed by atoms with van der Waals surface area (Å²) in [6.07, 6.45) is 1.72. The minimum absolute atomic E-state index is 0.114. The predicted molar refractivity (Wildman–Crippen MR) is 72.2 cm³/mol. The van der Waals surface area contributed by atoms with Crippen LogP contribution in [0.1, 0.15) is 22.4 Å². The fourth-order valence-electron chi connectivity index (χ4n) is 2.05. The predicted octanol–water partition coefficient (Wildman–Crippen LogP) is 2.26. The Bertz CT molecular complexity index is 641. The number of hydrogen-bond donors (Lipinski definition) is 1. The Morgan fingerprint density at radius 2 is 1.94 bits per heavy atom. The molecule has 0 atom stereocenters. The number of aliphatic hydroxyl groups excluding tert-OH is 1. The van der Waals surface area contributed by atoms with Gasteiger partial charge in [-0.05, 0) is 38.0 Å². The summed E-state index contributed by atoms with van der Waals surface area (Å²) in [6.45, 7) is 5.78. The van der Waals surface area contributed by atoms with Crippen molar-refractivity contribution in [3.05, 3.63) is 63.1 Å². The maximum Gasteiger partial charge on any atom is 0.187 e. The SMILES string of the molecule is Cc1cccc(-n2cc(CO)c(=O)cc2C)c1C. The van der Waals surface area contributed by atoms with Crippen molar-refractivity contribution in [3.63, 3.8) is 0 Å². The molecule has 18 heavy (non-hydrogen) atoms. The first kappa shape index (κ1) is 12.6. The Morgan fingerprint density at radius 1 is 1.22 bits per heavy atom. The summed E-state index contributed by atoms with van der Waals surface area (Å²) in [5.74, 6) is 0. The number of pyridine rings is 1. The van der Waals surface area contributed by atoms with Crippen molar-refractivity contribution < 1.29 is 5.11 Å². The molecule has 0 radical (unpaired) electrons. The minimum Gasteiger partial charge on any atom is -0.391 e. The lowest BCUT2D eigenvalue weighted by atomic mass is 10.1. The first-order valence-electron chi connectivity index (χ1n) is 5.94. The maximum atomic E-state index is 11.6. The van der Waals surface area contributed by atoms with Gasteiger partial charge in [0.2, 0.25) is 0 Å². The molecule has 3 nitrogen and oxygen atoms in total. The summed E-state index contributed by atoms with van der Waals surface area (Å²) < 4.78 is 1.95. The monoisotopic (exact) mass is 243 g/mol. The van der Waals surface area contributed by atoms with E-state index in [-0.39, 0.29) is 12.0 Å². The lowest BCUT2D eigenvalue weighted by molar-refractivity contribution is 0.280. The Labute approximate surface area is 106 Å². The van der Waals surface area contributed by atoms with Gasteiger partial charge in [0.15, 0.2) is 5.43 Å². The minimum atomic E-state index is -0.232. The molecule has 0 saturated carbocycles. The zero-order chi connectivity index (χ0) is 13.3. The Balaban J connectivity index is 2.71. The molecule has 0 aliphatic heterocycles. The Kier molecular flexibility index (Phi) is 3.34. The van der Waals surface area contributed by atoms with Crippen LogP contribution in [0.3, 0.4) is 0 Å². The molecule has 0 unspecified atom stereocenters. The molecule has 0 fully saturated rings. The molecular weight excluding hydrogens is 226 g/mol. The maximum absolute atomic E-state index is 11.6. The molecule has 0 aliphatic carbocycles. The summed E-state index contributed by atoms with van der Waals surface area (Å²) in [4.78, 5) is 11.6. The molecule has 0 amide bonds. The second kappa shape index (κ2) is 4.78. The Hall–Kier alpha value is -1.87. The van der Waals surface area contributed by atoms with Crippen molar-refractivity contribution in [2.75, 3.05) is 0 Å². The van der Waals surface area contributed by atoms with Gasteiger partial charge in [-0.1, -0.05) is 12.1 Å². The van der Waals surface area contributed by atoms with Crippen LogP contribution in [0.25, 0.3) is 5.69 Å². The van der Waals surface area contributed by atoms with E-state index in [0.717, 1.165) is 11.4 Å². The van der Waals surface area contributed by atoms with Gasteiger partial charge in [-0.3, -0.25) is 4.79 Å². The van der Waals surface area contributed by atoms with E-state index >= 15 is 0 Å². The van der Waals surface area contributed by atoms with E-state index < -0.39 is 0 Å². The average molecular weight is 243 g/mol. The molecule has 2 rings (SSSR count). The lowest BCUT2D eigenvalue weighted by Crippen LogP contribution is -2.14. The first-order valence-corrected chi connectivity index (χ1v) is 5.94. The number of aryl methyl sites for hydroxylation is 2. The fraction of sp³-hybridized carbons (Fsp3) is 0.267. The van der Waals surface area contributed by atoms with E-state index in [1.54, 1.807) is 12.3 Å². The molecule has 1 aromatic carbocycles. The molecule has 2 aromatic rings. The molecular formula is C15H17NO2. The molecule has 3 heteroatoms. The first-order chi connectivity index (χ1) is 8.54. The summed E-state index contributed by atoms with van der Waals surface area (Å²) in [5, 5.41) is 9.19. The van der Waals surface area contributed by atoms with Crippen LogP contribution in [0.2, 0.25) is 0 Å². The molecule has 1 aromatic heterocycles. The van der Waals surface area contributed by atoms with Gasteiger partial charge in [-0.25, -0.2) is 0 Å².